The molecule has 108 valence electrons. The number of rotatable bonds is 4. The second-order valence-electron chi connectivity index (χ2n) is 4.54. The molecule has 0 bridgehead atoms. The maximum absolute atomic E-state index is 11.1. The molecule has 0 saturated heterocycles. The summed E-state index contributed by atoms with van der Waals surface area (Å²) in [5.41, 5.74) is 3.51. The average molecular weight is 292 g/mol. The molecule has 0 spiro atoms. The summed E-state index contributed by atoms with van der Waals surface area (Å²) in [6, 6.07) is 14.3. The first-order valence-electron chi connectivity index (χ1n) is 6.57. The van der Waals surface area contributed by atoms with Crippen molar-refractivity contribution in [2.75, 3.05) is 5.43 Å². The maximum Gasteiger partial charge on any atom is 0.336 e. The second kappa shape index (κ2) is 6.01. The lowest BCUT2D eigenvalue weighted by molar-refractivity contribution is 0.0697. The summed E-state index contributed by atoms with van der Waals surface area (Å²) < 4.78 is 0. The van der Waals surface area contributed by atoms with Crippen LogP contribution in [0.4, 0.5) is 5.82 Å². The first kappa shape index (κ1) is 13.7. The van der Waals surface area contributed by atoms with Gasteiger partial charge in [0.2, 0.25) is 0 Å². The molecular formula is C16H12N4O2. The van der Waals surface area contributed by atoms with Crippen LogP contribution in [-0.4, -0.2) is 27.5 Å². The van der Waals surface area contributed by atoms with Gasteiger partial charge < -0.3 is 5.11 Å². The van der Waals surface area contributed by atoms with Gasteiger partial charge in [-0.2, -0.15) is 10.2 Å². The molecule has 0 amide bonds. The van der Waals surface area contributed by atoms with E-state index in [1.807, 2.05) is 24.3 Å². The number of carboxylic acids is 1. The zero-order valence-corrected chi connectivity index (χ0v) is 11.5. The van der Waals surface area contributed by atoms with E-state index in [2.05, 4.69) is 20.7 Å². The Morgan fingerprint density at radius 3 is 2.77 bits per heavy atom. The molecule has 2 N–H and O–H groups in total. The number of hydrogen-bond donors (Lipinski definition) is 2. The molecule has 3 rings (SSSR count). The van der Waals surface area contributed by atoms with E-state index in [1.165, 1.54) is 12.3 Å². The van der Waals surface area contributed by atoms with Crippen molar-refractivity contribution in [3.8, 4) is 0 Å². The molecule has 0 aliphatic heterocycles. The third-order valence-corrected chi connectivity index (χ3v) is 3.14. The van der Waals surface area contributed by atoms with E-state index in [1.54, 1.807) is 24.4 Å². The van der Waals surface area contributed by atoms with Crippen LogP contribution < -0.4 is 5.43 Å². The first-order chi connectivity index (χ1) is 10.8. The van der Waals surface area contributed by atoms with Crippen LogP contribution in [0.5, 0.6) is 0 Å². The summed E-state index contributed by atoms with van der Waals surface area (Å²) in [6.07, 6.45) is 3.12. The van der Waals surface area contributed by atoms with E-state index in [9.17, 15) is 4.79 Å². The van der Waals surface area contributed by atoms with Gasteiger partial charge in [-0.15, -0.1) is 5.10 Å². The highest BCUT2D eigenvalue weighted by atomic mass is 16.4. The van der Waals surface area contributed by atoms with Crippen molar-refractivity contribution >= 4 is 28.8 Å². The standard InChI is InChI=1S/C16H12N4O2/c21-16(22)14-8-4-2-6-12(14)10-18-20-15-13-7-3-1-5-11(13)9-17-19-15/h1-10H,(H,19,20)(H,21,22). The van der Waals surface area contributed by atoms with Crippen molar-refractivity contribution in [3.05, 3.63) is 65.9 Å². The number of aromatic carboxylic acids is 1. The number of benzene rings is 2. The Kier molecular flexibility index (Phi) is 3.74. The van der Waals surface area contributed by atoms with Gasteiger partial charge in [-0.25, -0.2) is 4.79 Å². The highest BCUT2D eigenvalue weighted by molar-refractivity contribution is 5.98. The van der Waals surface area contributed by atoms with Crippen LogP contribution in [0.1, 0.15) is 15.9 Å². The van der Waals surface area contributed by atoms with Gasteiger partial charge in [-0.1, -0.05) is 42.5 Å². The number of hydrogen-bond acceptors (Lipinski definition) is 5. The van der Waals surface area contributed by atoms with Crippen LogP contribution in [-0.2, 0) is 0 Å². The van der Waals surface area contributed by atoms with Gasteiger partial charge in [0.15, 0.2) is 5.82 Å². The summed E-state index contributed by atoms with van der Waals surface area (Å²) >= 11 is 0. The van der Waals surface area contributed by atoms with Gasteiger partial charge in [-0.05, 0) is 6.07 Å². The monoisotopic (exact) mass is 292 g/mol. The lowest BCUT2D eigenvalue weighted by atomic mass is 10.1. The van der Waals surface area contributed by atoms with Crippen LogP contribution in [0, 0.1) is 0 Å². The highest BCUT2D eigenvalue weighted by Crippen LogP contribution is 2.19. The molecule has 0 atom stereocenters. The Labute approximate surface area is 126 Å². The van der Waals surface area contributed by atoms with Crippen LogP contribution in [0.25, 0.3) is 10.8 Å². The molecule has 0 saturated carbocycles. The Morgan fingerprint density at radius 2 is 1.91 bits per heavy atom. The highest BCUT2D eigenvalue weighted by Gasteiger charge is 2.06. The molecule has 22 heavy (non-hydrogen) atoms. The normalized spacial score (nSPS) is 10.9. The number of hydrazone groups is 1. The maximum atomic E-state index is 11.1. The van der Waals surface area contributed by atoms with Gasteiger partial charge in [0.05, 0.1) is 18.0 Å². The first-order valence-corrected chi connectivity index (χ1v) is 6.57. The van der Waals surface area contributed by atoms with Gasteiger partial charge >= 0.3 is 5.97 Å². The van der Waals surface area contributed by atoms with Crippen molar-refractivity contribution in [2.45, 2.75) is 0 Å². The van der Waals surface area contributed by atoms with Crippen LogP contribution in [0.2, 0.25) is 0 Å². The predicted molar refractivity (Wildman–Crippen MR) is 84.2 cm³/mol. The third kappa shape index (κ3) is 2.76. The van der Waals surface area contributed by atoms with E-state index < -0.39 is 5.97 Å². The lowest BCUT2D eigenvalue weighted by Crippen LogP contribution is -2.02. The summed E-state index contributed by atoms with van der Waals surface area (Å²) in [4.78, 5) is 11.1. The van der Waals surface area contributed by atoms with E-state index >= 15 is 0 Å². The molecule has 0 fully saturated rings. The molecule has 2 aromatic carbocycles. The van der Waals surface area contributed by atoms with Crippen LogP contribution in [0.15, 0.2) is 59.8 Å². The number of nitrogens with zero attached hydrogens (tertiary/aromatic N) is 3. The number of anilines is 1. The zero-order valence-electron chi connectivity index (χ0n) is 11.5. The third-order valence-electron chi connectivity index (χ3n) is 3.14. The Morgan fingerprint density at radius 1 is 1.14 bits per heavy atom. The topological polar surface area (TPSA) is 87.5 Å². The van der Waals surface area contributed by atoms with Crippen molar-refractivity contribution in [1.82, 2.24) is 10.2 Å². The second-order valence-corrected chi connectivity index (χ2v) is 4.54. The molecule has 1 heterocycles. The molecular weight excluding hydrogens is 280 g/mol. The fourth-order valence-corrected chi connectivity index (χ4v) is 2.08. The molecule has 6 heteroatoms. The van der Waals surface area contributed by atoms with Crippen molar-refractivity contribution in [1.29, 1.82) is 0 Å². The van der Waals surface area contributed by atoms with E-state index in [-0.39, 0.29) is 5.56 Å². The quantitative estimate of drug-likeness (QED) is 0.570. The number of nitrogens with one attached hydrogen (secondary N) is 1. The minimum Gasteiger partial charge on any atom is -0.478 e. The Bertz CT molecular complexity index is 856. The minimum atomic E-state index is -0.994. The van der Waals surface area contributed by atoms with E-state index in [0.717, 1.165) is 10.8 Å². The molecule has 0 aliphatic carbocycles. The minimum absolute atomic E-state index is 0.192. The largest absolute Gasteiger partial charge is 0.478 e. The SMILES string of the molecule is O=C(O)c1ccccc1C=NNc1nncc2ccccc12. The van der Waals surface area contributed by atoms with Gasteiger partial charge in [-0.3, -0.25) is 5.43 Å². The van der Waals surface area contributed by atoms with Gasteiger partial charge in [0.25, 0.3) is 0 Å². The van der Waals surface area contributed by atoms with Crippen molar-refractivity contribution in [3.63, 3.8) is 0 Å². The molecule has 0 unspecified atom stereocenters. The molecule has 6 nitrogen and oxygen atoms in total. The lowest BCUT2D eigenvalue weighted by Gasteiger charge is -2.03. The zero-order chi connectivity index (χ0) is 15.4. The number of aromatic nitrogens is 2. The van der Waals surface area contributed by atoms with Crippen LogP contribution >= 0.6 is 0 Å². The van der Waals surface area contributed by atoms with Gasteiger partial charge in [0, 0.05) is 16.3 Å². The Balaban J connectivity index is 1.87. The summed E-state index contributed by atoms with van der Waals surface area (Å²) in [7, 11) is 0. The predicted octanol–water partition coefficient (Wildman–Crippen LogP) is 2.77. The van der Waals surface area contributed by atoms with Gasteiger partial charge in [0.1, 0.15) is 0 Å². The average Bonchev–Trinajstić information content (AvgIpc) is 2.55. The van der Waals surface area contributed by atoms with Crippen molar-refractivity contribution < 1.29 is 9.90 Å². The van der Waals surface area contributed by atoms with Crippen molar-refractivity contribution in [2.24, 2.45) is 5.10 Å². The molecule has 3 aromatic rings. The number of carbonyl (C=O) groups is 1. The van der Waals surface area contributed by atoms with E-state index in [4.69, 9.17) is 5.11 Å². The fourth-order valence-electron chi connectivity index (χ4n) is 2.08. The van der Waals surface area contributed by atoms with Crippen LogP contribution in [0.3, 0.4) is 0 Å². The summed E-state index contributed by atoms with van der Waals surface area (Å²) in [5, 5.41) is 22.9. The summed E-state index contributed by atoms with van der Waals surface area (Å²) in [5.74, 6) is -0.478. The smallest absolute Gasteiger partial charge is 0.336 e. The Hall–Kier alpha value is -3.28. The molecule has 0 radical (unpaired) electrons. The number of fused-ring (bicyclic) bond motifs is 1. The fraction of sp³-hybridized carbons (Fsp3) is 0. The molecule has 1 aromatic heterocycles. The number of carboxylic acid groups (broad SMARTS) is 1. The summed E-state index contributed by atoms with van der Waals surface area (Å²) in [6.45, 7) is 0. The van der Waals surface area contributed by atoms with E-state index in [0.29, 0.717) is 11.4 Å². The molecule has 0 aliphatic rings.